The summed E-state index contributed by atoms with van der Waals surface area (Å²) < 4.78 is 7.14. The van der Waals surface area contributed by atoms with Gasteiger partial charge in [0, 0.05) is 18.6 Å². The van der Waals surface area contributed by atoms with E-state index in [1.165, 1.54) is 12.1 Å². The van der Waals surface area contributed by atoms with Crippen LogP contribution in [0.4, 0.5) is 0 Å². The molecule has 0 N–H and O–H groups in total. The molecular weight excluding hydrogens is 218 g/mol. The van der Waals surface area contributed by atoms with Crippen molar-refractivity contribution in [2.24, 2.45) is 5.92 Å². The van der Waals surface area contributed by atoms with E-state index in [2.05, 4.69) is 61.2 Å². The number of hydrogen-bond donors (Lipinski definition) is 0. The van der Waals surface area contributed by atoms with Gasteiger partial charge in [-0.05, 0) is 31.7 Å². The molecule has 1 nitrogen and oxygen atoms in total. The summed E-state index contributed by atoms with van der Waals surface area (Å²) in [6, 6.07) is 11.6. The molecule has 1 heterocycles. The maximum absolute atomic E-state index is 7.14. The van der Waals surface area contributed by atoms with Crippen LogP contribution in [-0.4, -0.2) is 17.0 Å². The van der Waals surface area contributed by atoms with Gasteiger partial charge in [0.2, 0.25) is 0 Å². The molecule has 0 saturated carbocycles. The van der Waals surface area contributed by atoms with Gasteiger partial charge in [-0.15, -0.1) is 6.55 Å². The van der Waals surface area contributed by atoms with Crippen LogP contribution in [0.5, 0.6) is 0 Å². The Morgan fingerprint density at radius 3 is 2.78 bits per heavy atom. The van der Waals surface area contributed by atoms with Gasteiger partial charge in [0.25, 0.3) is 0 Å². The fraction of sp³-hybridized carbons (Fsp3) is 0.412. The monoisotopic (exact) mass is 242 g/mol. The van der Waals surface area contributed by atoms with Gasteiger partial charge in [0.1, 0.15) is 0 Å². The third-order valence-electron chi connectivity index (χ3n) is 3.92. The van der Waals surface area contributed by atoms with Crippen LogP contribution in [0.15, 0.2) is 55.1 Å². The fourth-order valence-electron chi connectivity index (χ4n) is 2.71. The van der Waals surface area contributed by atoms with Crippen LogP contribution in [0.25, 0.3) is 0 Å². The van der Waals surface area contributed by atoms with Crippen molar-refractivity contribution in [3.63, 3.8) is 0 Å². The summed E-state index contributed by atoms with van der Waals surface area (Å²) in [5, 5.41) is 0. The predicted molar refractivity (Wildman–Crippen MR) is 78.4 cm³/mol. The summed E-state index contributed by atoms with van der Waals surface area (Å²) in [4.78, 5) is 2.54. The molecule has 2 rings (SSSR count). The van der Waals surface area contributed by atoms with Gasteiger partial charge in [-0.3, -0.25) is 4.90 Å². The fourth-order valence-corrected chi connectivity index (χ4v) is 2.71. The Kier molecular flexibility index (Phi) is 3.92. The Hall–Kier alpha value is -1.34. The Labute approximate surface area is 112 Å². The first-order chi connectivity index (χ1) is 9.22. The predicted octanol–water partition coefficient (Wildman–Crippen LogP) is 4.03. The highest BCUT2D eigenvalue weighted by Crippen LogP contribution is 2.26. The molecule has 1 aliphatic rings. The standard InChI is InChI=1S/C17H23N/c1-4-8-17-12-11-14(2)18(15(17)3)13-16-9-6-5-7-10-16/h4-7,9-12,14-15,17H,1,8,13H2,2-3H3/t14-,15+,17-/m0/s1/i1D. The van der Waals surface area contributed by atoms with Crippen molar-refractivity contribution in [1.29, 1.82) is 0 Å². The average Bonchev–Trinajstić information content (AvgIpc) is 2.44. The third-order valence-corrected chi connectivity index (χ3v) is 3.92. The van der Waals surface area contributed by atoms with Gasteiger partial charge in [0.15, 0.2) is 0 Å². The van der Waals surface area contributed by atoms with Crippen molar-refractivity contribution in [3.05, 3.63) is 60.7 Å². The first kappa shape index (κ1) is 11.7. The zero-order valence-electron chi connectivity index (χ0n) is 12.3. The molecule has 1 aliphatic heterocycles. The lowest BCUT2D eigenvalue weighted by molar-refractivity contribution is 0.126. The lowest BCUT2D eigenvalue weighted by Crippen LogP contribution is -2.45. The molecule has 18 heavy (non-hydrogen) atoms. The summed E-state index contributed by atoms with van der Waals surface area (Å²) in [6.45, 7) is 6.95. The lowest BCUT2D eigenvalue weighted by atomic mass is 9.90. The number of nitrogens with zero attached hydrogens (tertiary/aromatic N) is 1. The summed E-state index contributed by atoms with van der Waals surface area (Å²) in [5.74, 6) is 0.515. The molecule has 0 unspecified atom stereocenters. The van der Waals surface area contributed by atoms with E-state index >= 15 is 0 Å². The molecular formula is C17H23N. The Balaban J connectivity index is 2.08. The maximum atomic E-state index is 7.14. The van der Waals surface area contributed by atoms with Crippen LogP contribution in [0, 0.1) is 5.92 Å². The SMILES string of the molecule is [2H]C=CC[C@H]1C=C[C@H](C)N(Cc2ccccc2)[C@@H]1C. The number of allylic oxidation sites excluding steroid dienone is 1. The third kappa shape index (κ3) is 2.91. The van der Waals surface area contributed by atoms with Crippen LogP contribution < -0.4 is 0 Å². The summed E-state index contributed by atoms with van der Waals surface area (Å²) in [6.07, 6.45) is 7.52. The van der Waals surface area contributed by atoms with E-state index in [9.17, 15) is 0 Å². The lowest BCUT2D eigenvalue weighted by Gasteiger charge is -2.40. The second-order valence-corrected chi connectivity index (χ2v) is 5.16. The Bertz CT molecular complexity index is 438. The van der Waals surface area contributed by atoms with Crippen LogP contribution in [0.2, 0.25) is 0 Å². The molecule has 0 spiro atoms. The van der Waals surface area contributed by atoms with Crippen LogP contribution in [0.3, 0.4) is 0 Å². The summed E-state index contributed by atoms with van der Waals surface area (Å²) in [5.41, 5.74) is 1.37. The molecule has 0 fully saturated rings. The van der Waals surface area contributed by atoms with E-state index in [1.807, 2.05) is 6.08 Å². The largest absolute Gasteiger partial charge is 0.290 e. The van der Waals surface area contributed by atoms with E-state index in [1.54, 1.807) is 0 Å². The molecule has 96 valence electrons. The van der Waals surface area contributed by atoms with E-state index < -0.39 is 0 Å². The molecule has 0 saturated heterocycles. The van der Waals surface area contributed by atoms with Gasteiger partial charge in [-0.1, -0.05) is 48.6 Å². The molecule has 0 amide bonds. The number of benzene rings is 1. The molecule has 0 aromatic heterocycles. The second-order valence-electron chi connectivity index (χ2n) is 5.16. The average molecular weight is 242 g/mol. The minimum Gasteiger partial charge on any atom is -0.290 e. The highest BCUT2D eigenvalue weighted by atomic mass is 15.2. The zero-order valence-corrected chi connectivity index (χ0v) is 11.3. The van der Waals surface area contributed by atoms with Crippen molar-refractivity contribution >= 4 is 0 Å². The van der Waals surface area contributed by atoms with Gasteiger partial charge >= 0.3 is 0 Å². The van der Waals surface area contributed by atoms with Crippen molar-refractivity contribution in [3.8, 4) is 0 Å². The van der Waals surface area contributed by atoms with Crippen LogP contribution in [-0.2, 0) is 6.54 Å². The van der Waals surface area contributed by atoms with E-state index in [0.29, 0.717) is 18.0 Å². The topological polar surface area (TPSA) is 3.24 Å². The summed E-state index contributed by atoms with van der Waals surface area (Å²) >= 11 is 0. The minimum atomic E-state index is 0.478. The van der Waals surface area contributed by atoms with Crippen molar-refractivity contribution in [2.75, 3.05) is 0 Å². The molecule has 3 atom stereocenters. The number of hydrogen-bond acceptors (Lipinski definition) is 1. The van der Waals surface area contributed by atoms with Gasteiger partial charge < -0.3 is 0 Å². The molecule has 1 heteroatoms. The van der Waals surface area contributed by atoms with E-state index in [4.69, 9.17) is 1.37 Å². The highest BCUT2D eigenvalue weighted by molar-refractivity contribution is 5.16. The van der Waals surface area contributed by atoms with E-state index in [0.717, 1.165) is 13.0 Å². The molecule has 1 aromatic rings. The Morgan fingerprint density at radius 2 is 2.06 bits per heavy atom. The van der Waals surface area contributed by atoms with Crippen molar-refractivity contribution in [1.82, 2.24) is 4.90 Å². The number of rotatable bonds is 4. The quantitative estimate of drug-likeness (QED) is 0.721. The first-order valence-corrected chi connectivity index (χ1v) is 6.73. The minimum absolute atomic E-state index is 0.478. The van der Waals surface area contributed by atoms with Gasteiger partial charge in [-0.2, -0.15) is 0 Å². The van der Waals surface area contributed by atoms with Gasteiger partial charge in [0.05, 0.1) is 1.37 Å². The van der Waals surface area contributed by atoms with Crippen LogP contribution in [0.1, 0.15) is 27.2 Å². The van der Waals surface area contributed by atoms with Crippen molar-refractivity contribution in [2.45, 2.75) is 38.9 Å². The van der Waals surface area contributed by atoms with E-state index in [-0.39, 0.29) is 0 Å². The Morgan fingerprint density at radius 1 is 1.28 bits per heavy atom. The van der Waals surface area contributed by atoms with Crippen molar-refractivity contribution < 1.29 is 1.37 Å². The first-order valence-electron chi connectivity index (χ1n) is 7.31. The molecule has 0 bridgehead atoms. The highest BCUT2D eigenvalue weighted by Gasteiger charge is 2.27. The molecule has 1 aromatic carbocycles. The summed E-state index contributed by atoms with van der Waals surface area (Å²) in [7, 11) is 0. The van der Waals surface area contributed by atoms with Gasteiger partial charge in [-0.25, -0.2) is 0 Å². The second kappa shape index (κ2) is 6.01. The maximum Gasteiger partial charge on any atom is 0.0534 e. The smallest absolute Gasteiger partial charge is 0.0534 e. The molecule has 0 aliphatic carbocycles. The normalized spacial score (nSPS) is 29.7. The molecule has 0 radical (unpaired) electrons. The van der Waals surface area contributed by atoms with Crippen LogP contribution >= 0.6 is 0 Å². The zero-order chi connectivity index (χ0) is 13.7.